The van der Waals surface area contributed by atoms with Gasteiger partial charge in [-0.15, -0.1) is 24.0 Å². The van der Waals surface area contributed by atoms with Gasteiger partial charge in [0.2, 0.25) is 0 Å². The van der Waals surface area contributed by atoms with Crippen LogP contribution in [0, 0.1) is 5.92 Å². The highest BCUT2D eigenvalue weighted by Crippen LogP contribution is 2.25. The van der Waals surface area contributed by atoms with Crippen molar-refractivity contribution in [3.8, 4) is 5.75 Å². The maximum absolute atomic E-state index is 5.97. The van der Waals surface area contributed by atoms with Crippen molar-refractivity contribution in [3.63, 3.8) is 0 Å². The summed E-state index contributed by atoms with van der Waals surface area (Å²) in [5.74, 6) is 3.78. The highest BCUT2D eigenvalue weighted by atomic mass is 127. The van der Waals surface area contributed by atoms with Gasteiger partial charge in [-0.1, -0.05) is 32.0 Å². The third-order valence-electron chi connectivity index (χ3n) is 4.55. The lowest BCUT2D eigenvalue weighted by molar-refractivity contribution is 0.259. The van der Waals surface area contributed by atoms with Crippen LogP contribution in [-0.4, -0.2) is 74.1 Å². The summed E-state index contributed by atoms with van der Waals surface area (Å²) in [5.41, 5.74) is 1.17. The maximum atomic E-state index is 5.97. The van der Waals surface area contributed by atoms with Gasteiger partial charge in [-0.25, -0.2) is 0 Å². The van der Waals surface area contributed by atoms with Crippen LogP contribution in [0.4, 0.5) is 0 Å². The fourth-order valence-corrected chi connectivity index (χ4v) is 4.21. The number of hydrogen-bond acceptors (Lipinski definition) is 4. The van der Waals surface area contributed by atoms with Gasteiger partial charge in [0.1, 0.15) is 12.4 Å². The lowest BCUT2D eigenvalue weighted by atomic mass is 10.1. The monoisotopic (exact) mass is 506 g/mol. The van der Waals surface area contributed by atoms with Gasteiger partial charge in [-0.3, -0.25) is 4.99 Å². The van der Waals surface area contributed by atoms with Crippen molar-refractivity contribution in [2.75, 3.05) is 53.1 Å². The molecule has 154 valence electrons. The molecule has 5 nitrogen and oxygen atoms in total. The summed E-state index contributed by atoms with van der Waals surface area (Å²) in [4.78, 5) is 9.02. The molecule has 0 aliphatic carbocycles. The van der Waals surface area contributed by atoms with Crippen LogP contribution < -0.4 is 10.1 Å². The first-order valence-corrected chi connectivity index (χ1v) is 10.5. The molecular formula is C20H35IN4OS. The third-order valence-corrected chi connectivity index (χ3v) is 6.09. The van der Waals surface area contributed by atoms with E-state index in [9.17, 15) is 0 Å². The van der Waals surface area contributed by atoms with E-state index in [1.807, 2.05) is 19.2 Å². The lowest BCUT2D eigenvalue weighted by Crippen LogP contribution is -2.48. The molecule has 0 saturated carbocycles. The van der Waals surface area contributed by atoms with E-state index in [0.29, 0.717) is 17.8 Å². The molecule has 1 atom stereocenters. The van der Waals surface area contributed by atoms with Gasteiger partial charge >= 0.3 is 0 Å². The molecule has 0 amide bonds. The summed E-state index contributed by atoms with van der Waals surface area (Å²) in [6.45, 7) is 9.04. The summed E-state index contributed by atoms with van der Waals surface area (Å²) < 4.78 is 5.97. The van der Waals surface area contributed by atoms with Crippen molar-refractivity contribution in [1.29, 1.82) is 0 Å². The summed E-state index contributed by atoms with van der Waals surface area (Å²) in [5, 5.41) is 4.20. The molecule has 1 saturated heterocycles. The standard InChI is InChI=1S/C20H34N4OS.HI/c1-16(2)19-15-24(11-13-26-19)20(21-3)22-14-17-8-6-7-9-18(17)25-12-10-23(4)5;/h6-9,16,19H,10-15H2,1-5H3,(H,21,22);1H. The first-order chi connectivity index (χ1) is 12.5. The second kappa shape index (κ2) is 12.7. The number of para-hydroxylation sites is 1. The first-order valence-electron chi connectivity index (χ1n) is 9.44. The van der Waals surface area contributed by atoms with Crippen molar-refractivity contribution < 1.29 is 4.74 Å². The van der Waals surface area contributed by atoms with Gasteiger partial charge in [-0.05, 0) is 26.1 Å². The Morgan fingerprint density at radius 3 is 2.78 bits per heavy atom. The number of ether oxygens (including phenoxy) is 1. The Hall–Kier alpha value is -0.670. The zero-order chi connectivity index (χ0) is 18.9. The smallest absolute Gasteiger partial charge is 0.193 e. The van der Waals surface area contributed by atoms with Gasteiger partial charge in [0.25, 0.3) is 0 Å². The van der Waals surface area contributed by atoms with Crippen molar-refractivity contribution in [2.24, 2.45) is 10.9 Å². The molecule has 2 rings (SSSR count). The van der Waals surface area contributed by atoms with E-state index >= 15 is 0 Å². The number of nitrogens with one attached hydrogen (secondary N) is 1. The number of likely N-dealkylation sites (N-methyl/N-ethyl adjacent to an activating group) is 1. The van der Waals surface area contributed by atoms with Gasteiger partial charge in [0.15, 0.2) is 5.96 Å². The number of thioether (sulfide) groups is 1. The Labute approximate surface area is 186 Å². The number of guanidine groups is 1. The predicted molar refractivity (Wildman–Crippen MR) is 129 cm³/mol. The Bertz CT molecular complexity index is 583. The molecule has 1 unspecified atom stereocenters. The van der Waals surface area contributed by atoms with Crippen LogP contribution >= 0.6 is 35.7 Å². The Balaban J connectivity index is 0.00000364. The fourth-order valence-electron chi connectivity index (χ4n) is 2.91. The minimum absolute atomic E-state index is 0. The normalized spacial score (nSPS) is 17.8. The number of rotatable bonds is 7. The van der Waals surface area contributed by atoms with Crippen molar-refractivity contribution in [2.45, 2.75) is 25.6 Å². The van der Waals surface area contributed by atoms with Crippen LogP contribution in [-0.2, 0) is 6.54 Å². The minimum atomic E-state index is 0. The maximum Gasteiger partial charge on any atom is 0.193 e. The summed E-state index contributed by atoms with van der Waals surface area (Å²) >= 11 is 2.08. The molecule has 0 aromatic heterocycles. The van der Waals surface area contributed by atoms with Crippen LogP contribution in [0.1, 0.15) is 19.4 Å². The van der Waals surface area contributed by atoms with Crippen molar-refractivity contribution in [3.05, 3.63) is 29.8 Å². The molecule has 1 heterocycles. The summed E-state index contributed by atoms with van der Waals surface area (Å²) in [7, 11) is 5.98. The van der Waals surface area contributed by atoms with E-state index in [-0.39, 0.29) is 24.0 Å². The van der Waals surface area contributed by atoms with Crippen LogP contribution in [0.15, 0.2) is 29.3 Å². The van der Waals surface area contributed by atoms with Crippen LogP contribution in [0.3, 0.4) is 0 Å². The number of halogens is 1. The number of aliphatic imine (C=N–C) groups is 1. The lowest BCUT2D eigenvalue weighted by Gasteiger charge is -2.36. The van der Waals surface area contributed by atoms with Crippen LogP contribution in [0.2, 0.25) is 0 Å². The Morgan fingerprint density at radius 1 is 1.37 bits per heavy atom. The van der Waals surface area contributed by atoms with E-state index in [2.05, 4.69) is 71.9 Å². The van der Waals surface area contributed by atoms with E-state index < -0.39 is 0 Å². The summed E-state index contributed by atoms with van der Waals surface area (Å²) in [6, 6.07) is 8.25. The first kappa shape index (κ1) is 24.4. The molecule has 1 aromatic carbocycles. The average molecular weight is 506 g/mol. The second-order valence-corrected chi connectivity index (χ2v) is 8.61. The Kier molecular flexibility index (Phi) is 11.5. The van der Waals surface area contributed by atoms with E-state index in [1.165, 1.54) is 5.56 Å². The minimum Gasteiger partial charge on any atom is -0.492 e. The van der Waals surface area contributed by atoms with E-state index in [4.69, 9.17) is 4.74 Å². The highest BCUT2D eigenvalue weighted by molar-refractivity contribution is 14.0. The van der Waals surface area contributed by atoms with Crippen molar-refractivity contribution >= 4 is 41.7 Å². The van der Waals surface area contributed by atoms with Gasteiger partial charge in [0.05, 0.1) is 0 Å². The fraction of sp³-hybridized carbons (Fsp3) is 0.650. The van der Waals surface area contributed by atoms with Crippen LogP contribution in [0.5, 0.6) is 5.75 Å². The number of hydrogen-bond donors (Lipinski definition) is 1. The molecule has 7 heteroatoms. The van der Waals surface area contributed by atoms with E-state index in [1.54, 1.807) is 0 Å². The number of nitrogens with zero attached hydrogens (tertiary/aromatic N) is 3. The molecule has 1 N–H and O–H groups in total. The molecule has 1 aliphatic rings. The second-order valence-electron chi connectivity index (χ2n) is 7.26. The average Bonchev–Trinajstić information content (AvgIpc) is 2.63. The molecular weight excluding hydrogens is 471 g/mol. The third kappa shape index (κ3) is 8.07. The largest absolute Gasteiger partial charge is 0.492 e. The van der Waals surface area contributed by atoms with Gasteiger partial charge in [-0.2, -0.15) is 11.8 Å². The zero-order valence-corrected chi connectivity index (χ0v) is 20.4. The summed E-state index contributed by atoms with van der Waals surface area (Å²) in [6.07, 6.45) is 0. The molecule has 0 spiro atoms. The SMILES string of the molecule is CN=C(NCc1ccccc1OCCN(C)C)N1CCSC(C(C)C)C1.I. The Morgan fingerprint density at radius 2 is 2.11 bits per heavy atom. The molecule has 1 fully saturated rings. The molecule has 1 aliphatic heterocycles. The molecule has 1 aromatic rings. The molecule has 27 heavy (non-hydrogen) atoms. The zero-order valence-electron chi connectivity index (χ0n) is 17.3. The molecule has 0 bridgehead atoms. The topological polar surface area (TPSA) is 40.1 Å². The quantitative estimate of drug-likeness (QED) is 0.349. The number of benzene rings is 1. The van der Waals surface area contributed by atoms with Gasteiger partial charge in [0, 0.05) is 49.8 Å². The van der Waals surface area contributed by atoms with Gasteiger partial charge < -0.3 is 19.9 Å². The van der Waals surface area contributed by atoms with E-state index in [0.717, 1.165) is 43.6 Å². The van der Waals surface area contributed by atoms with Crippen LogP contribution in [0.25, 0.3) is 0 Å². The van der Waals surface area contributed by atoms with Crippen molar-refractivity contribution in [1.82, 2.24) is 15.1 Å². The predicted octanol–water partition coefficient (Wildman–Crippen LogP) is 3.39. The molecule has 0 radical (unpaired) electrons. The highest BCUT2D eigenvalue weighted by Gasteiger charge is 2.24.